The lowest BCUT2D eigenvalue weighted by Crippen LogP contribution is -2.28. The molecule has 0 aromatic carbocycles. The molecule has 17 heavy (non-hydrogen) atoms. The van der Waals surface area contributed by atoms with Crippen molar-refractivity contribution in [2.24, 2.45) is 0 Å². The van der Waals surface area contributed by atoms with Crippen molar-refractivity contribution in [3.8, 4) is 5.88 Å². The number of aromatic nitrogens is 2. The van der Waals surface area contributed by atoms with Crippen molar-refractivity contribution in [1.29, 1.82) is 0 Å². The number of rotatable bonds is 3. The molecule has 2 rings (SSSR count). The zero-order valence-electron chi connectivity index (χ0n) is 9.93. The average Bonchev–Trinajstić information content (AvgIpc) is 2.27. The van der Waals surface area contributed by atoms with E-state index in [4.69, 9.17) is 9.84 Å². The Morgan fingerprint density at radius 3 is 2.94 bits per heavy atom. The zero-order chi connectivity index (χ0) is 12.4. The number of likely N-dealkylation sites (N-methyl/N-ethyl adjacent to an activating group) is 1. The van der Waals surface area contributed by atoms with Crippen molar-refractivity contribution in [2.45, 2.75) is 19.4 Å². The van der Waals surface area contributed by atoms with Gasteiger partial charge in [-0.2, -0.15) is 4.98 Å². The molecule has 6 heteroatoms. The second-order valence-electron chi connectivity index (χ2n) is 4.13. The summed E-state index contributed by atoms with van der Waals surface area (Å²) in [7, 11) is 3.56. The number of ether oxygens (including phenoxy) is 1. The molecule has 0 aliphatic carbocycles. The second kappa shape index (κ2) is 4.67. The highest BCUT2D eigenvalue weighted by Gasteiger charge is 2.21. The predicted molar refractivity (Wildman–Crippen MR) is 60.0 cm³/mol. The third-order valence-corrected chi connectivity index (χ3v) is 2.76. The number of carboxylic acid groups (broad SMARTS) is 1. The Hall–Kier alpha value is -1.69. The lowest BCUT2D eigenvalue weighted by molar-refractivity contribution is -0.136. The van der Waals surface area contributed by atoms with Crippen molar-refractivity contribution in [1.82, 2.24) is 14.9 Å². The van der Waals surface area contributed by atoms with Crippen LogP contribution in [0.15, 0.2) is 0 Å². The summed E-state index contributed by atoms with van der Waals surface area (Å²) in [6, 6.07) is 0. The standard InChI is InChI=1S/C11H15N3O3/c1-14-4-3-8-7(6-14)11(17-2)13-9(12-8)5-10(15)16/h3-6H2,1-2H3,(H,15,16). The molecule has 2 heterocycles. The van der Waals surface area contributed by atoms with E-state index >= 15 is 0 Å². The predicted octanol–water partition coefficient (Wildman–Crippen LogP) is 0.100. The molecule has 1 aromatic rings. The van der Waals surface area contributed by atoms with Gasteiger partial charge in [-0.1, -0.05) is 0 Å². The van der Waals surface area contributed by atoms with Gasteiger partial charge in [-0.15, -0.1) is 0 Å². The quantitative estimate of drug-likeness (QED) is 0.803. The molecular weight excluding hydrogens is 222 g/mol. The van der Waals surface area contributed by atoms with Gasteiger partial charge >= 0.3 is 5.97 Å². The number of methoxy groups -OCH3 is 1. The number of fused-ring (bicyclic) bond motifs is 1. The highest BCUT2D eigenvalue weighted by atomic mass is 16.5. The molecule has 0 amide bonds. The number of hydrogen-bond acceptors (Lipinski definition) is 5. The smallest absolute Gasteiger partial charge is 0.311 e. The summed E-state index contributed by atoms with van der Waals surface area (Å²) in [6.07, 6.45) is 0.636. The average molecular weight is 237 g/mol. The van der Waals surface area contributed by atoms with Gasteiger partial charge in [0.25, 0.3) is 0 Å². The monoisotopic (exact) mass is 237 g/mol. The molecule has 0 bridgehead atoms. The minimum absolute atomic E-state index is 0.167. The van der Waals surface area contributed by atoms with Gasteiger partial charge in [0.15, 0.2) is 0 Å². The van der Waals surface area contributed by atoms with Crippen molar-refractivity contribution >= 4 is 5.97 Å². The van der Waals surface area contributed by atoms with Crippen LogP contribution in [-0.4, -0.2) is 46.6 Å². The van der Waals surface area contributed by atoms with E-state index in [1.165, 1.54) is 0 Å². The van der Waals surface area contributed by atoms with Crippen LogP contribution in [0, 0.1) is 0 Å². The Morgan fingerprint density at radius 1 is 1.53 bits per heavy atom. The Kier molecular flexibility index (Phi) is 3.23. The number of hydrogen-bond donors (Lipinski definition) is 1. The van der Waals surface area contributed by atoms with Crippen LogP contribution in [-0.2, 0) is 24.2 Å². The fourth-order valence-corrected chi connectivity index (χ4v) is 1.95. The molecule has 0 unspecified atom stereocenters. The highest BCUT2D eigenvalue weighted by Crippen LogP contribution is 2.24. The van der Waals surface area contributed by atoms with Gasteiger partial charge in [-0.25, -0.2) is 4.98 Å². The first-order chi connectivity index (χ1) is 8.10. The summed E-state index contributed by atoms with van der Waals surface area (Å²) >= 11 is 0. The Labute approximate surface area is 99.2 Å². The van der Waals surface area contributed by atoms with Gasteiger partial charge < -0.3 is 14.7 Å². The maximum atomic E-state index is 10.7. The zero-order valence-corrected chi connectivity index (χ0v) is 9.93. The van der Waals surface area contributed by atoms with E-state index in [2.05, 4.69) is 14.9 Å². The SMILES string of the molecule is COc1nc(CC(=O)O)nc2c1CN(C)CC2. The van der Waals surface area contributed by atoms with Gasteiger partial charge in [-0.3, -0.25) is 4.79 Å². The molecule has 0 saturated heterocycles. The molecule has 1 N–H and O–H groups in total. The minimum Gasteiger partial charge on any atom is -0.481 e. The van der Waals surface area contributed by atoms with E-state index in [1.807, 2.05) is 7.05 Å². The van der Waals surface area contributed by atoms with E-state index in [1.54, 1.807) is 7.11 Å². The topological polar surface area (TPSA) is 75.5 Å². The summed E-state index contributed by atoms with van der Waals surface area (Å²) < 4.78 is 5.21. The van der Waals surface area contributed by atoms with E-state index < -0.39 is 5.97 Å². The van der Waals surface area contributed by atoms with Gasteiger partial charge in [0.2, 0.25) is 5.88 Å². The molecule has 0 fully saturated rings. The lowest BCUT2D eigenvalue weighted by atomic mass is 10.1. The first-order valence-electron chi connectivity index (χ1n) is 5.43. The maximum Gasteiger partial charge on any atom is 0.311 e. The van der Waals surface area contributed by atoms with Gasteiger partial charge in [0.1, 0.15) is 12.2 Å². The summed E-state index contributed by atoms with van der Waals surface area (Å²) in [5.41, 5.74) is 1.88. The largest absolute Gasteiger partial charge is 0.481 e. The van der Waals surface area contributed by atoms with Crippen LogP contribution in [0.2, 0.25) is 0 Å². The first-order valence-corrected chi connectivity index (χ1v) is 5.43. The molecule has 0 atom stereocenters. The van der Waals surface area contributed by atoms with Crippen LogP contribution < -0.4 is 4.74 Å². The molecule has 1 aromatic heterocycles. The second-order valence-corrected chi connectivity index (χ2v) is 4.13. The summed E-state index contributed by atoms with van der Waals surface area (Å²) in [6.45, 7) is 1.66. The lowest BCUT2D eigenvalue weighted by Gasteiger charge is -2.25. The van der Waals surface area contributed by atoms with Gasteiger partial charge in [-0.05, 0) is 7.05 Å². The third-order valence-electron chi connectivity index (χ3n) is 2.76. The fourth-order valence-electron chi connectivity index (χ4n) is 1.95. The summed E-state index contributed by atoms with van der Waals surface area (Å²) in [5, 5.41) is 8.75. The number of carboxylic acids is 1. The molecule has 1 aliphatic heterocycles. The molecule has 1 aliphatic rings. The molecular formula is C11H15N3O3. The molecule has 0 spiro atoms. The van der Waals surface area contributed by atoms with E-state index in [0.717, 1.165) is 30.8 Å². The van der Waals surface area contributed by atoms with Crippen LogP contribution in [0.25, 0.3) is 0 Å². The van der Waals surface area contributed by atoms with Crippen LogP contribution in [0.4, 0.5) is 0 Å². The van der Waals surface area contributed by atoms with Crippen LogP contribution in [0.3, 0.4) is 0 Å². The third kappa shape index (κ3) is 2.52. The highest BCUT2D eigenvalue weighted by molar-refractivity contribution is 5.69. The van der Waals surface area contributed by atoms with Crippen LogP contribution in [0.1, 0.15) is 17.1 Å². The van der Waals surface area contributed by atoms with E-state index in [-0.39, 0.29) is 6.42 Å². The van der Waals surface area contributed by atoms with Gasteiger partial charge in [0, 0.05) is 25.1 Å². The van der Waals surface area contributed by atoms with Gasteiger partial charge in [0.05, 0.1) is 12.8 Å². The van der Waals surface area contributed by atoms with Crippen molar-refractivity contribution in [2.75, 3.05) is 20.7 Å². The summed E-state index contributed by atoms with van der Waals surface area (Å²) in [4.78, 5) is 21.3. The maximum absolute atomic E-state index is 10.7. The number of aliphatic carboxylic acids is 1. The summed E-state index contributed by atoms with van der Waals surface area (Å²) in [5.74, 6) is -0.115. The number of nitrogens with zero attached hydrogens (tertiary/aromatic N) is 3. The minimum atomic E-state index is -0.931. The first kappa shape index (κ1) is 11.8. The molecule has 0 saturated carbocycles. The Bertz CT molecular complexity index is 431. The fraction of sp³-hybridized carbons (Fsp3) is 0.545. The number of carbonyl (C=O) groups is 1. The Morgan fingerprint density at radius 2 is 2.29 bits per heavy atom. The van der Waals surface area contributed by atoms with Crippen molar-refractivity contribution in [3.63, 3.8) is 0 Å². The Balaban J connectivity index is 2.39. The molecule has 92 valence electrons. The molecule has 6 nitrogen and oxygen atoms in total. The van der Waals surface area contributed by atoms with Crippen LogP contribution in [0.5, 0.6) is 5.88 Å². The normalized spacial score (nSPS) is 15.4. The van der Waals surface area contributed by atoms with E-state index in [9.17, 15) is 4.79 Å². The van der Waals surface area contributed by atoms with Crippen molar-refractivity contribution < 1.29 is 14.6 Å². The van der Waals surface area contributed by atoms with Crippen LogP contribution >= 0.6 is 0 Å². The van der Waals surface area contributed by atoms with Crippen molar-refractivity contribution in [3.05, 3.63) is 17.1 Å². The molecule has 0 radical (unpaired) electrons. The van der Waals surface area contributed by atoms with E-state index in [0.29, 0.717) is 11.7 Å².